The number of ether oxygens (including phenoxy) is 2. The third kappa shape index (κ3) is 1.69. The fourth-order valence-electron chi connectivity index (χ4n) is 2.65. The number of rotatable bonds is 1. The maximum atomic E-state index is 5.84. The van der Waals surface area contributed by atoms with E-state index in [9.17, 15) is 0 Å². The van der Waals surface area contributed by atoms with Crippen LogP contribution in [0.4, 0.5) is 5.69 Å². The molecule has 0 unspecified atom stereocenters. The first-order valence-corrected chi connectivity index (χ1v) is 6.92. The Morgan fingerprint density at radius 3 is 2.35 bits per heavy atom. The molecule has 0 aromatic heterocycles. The average molecular weight is 298 g/mol. The molecule has 1 N–H and O–H groups in total. The van der Waals surface area contributed by atoms with Crippen molar-refractivity contribution >= 4 is 21.6 Å². The van der Waals surface area contributed by atoms with Crippen molar-refractivity contribution in [3.8, 4) is 11.5 Å². The largest absolute Gasteiger partial charge is 0.492 e. The van der Waals surface area contributed by atoms with Crippen LogP contribution in [0, 0.1) is 0 Å². The van der Waals surface area contributed by atoms with Gasteiger partial charge in [0.15, 0.2) is 0 Å². The van der Waals surface area contributed by atoms with Crippen LogP contribution in [-0.4, -0.2) is 20.3 Å². The summed E-state index contributed by atoms with van der Waals surface area (Å²) in [5.41, 5.74) is 3.63. The smallest absolute Gasteiger partial charge is 0.147 e. The molecular formula is C13H16BrNO2. The number of hydrogen-bond acceptors (Lipinski definition) is 3. The van der Waals surface area contributed by atoms with Gasteiger partial charge >= 0.3 is 0 Å². The molecular weight excluding hydrogens is 282 g/mol. The molecule has 2 heterocycles. The van der Waals surface area contributed by atoms with E-state index in [4.69, 9.17) is 9.47 Å². The van der Waals surface area contributed by atoms with Gasteiger partial charge in [0, 0.05) is 18.2 Å². The molecule has 0 radical (unpaired) electrons. The highest BCUT2D eigenvalue weighted by Gasteiger charge is 2.27. The van der Waals surface area contributed by atoms with E-state index in [1.165, 1.54) is 11.1 Å². The first-order chi connectivity index (χ1) is 8.33. The molecule has 0 fully saturated rings. The lowest BCUT2D eigenvalue weighted by atomic mass is 9.96. The van der Waals surface area contributed by atoms with E-state index in [-0.39, 0.29) is 0 Å². The van der Waals surface area contributed by atoms with E-state index in [0.29, 0.717) is 0 Å². The normalized spacial score (nSPS) is 17.5. The quantitative estimate of drug-likeness (QED) is 0.864. The van der Waals surface area contributed by atoms with Crippen LogP contribution >= 0.6 is 15.9 Å². The van der Waals surface area contributed by atoms with Crippen LogP contribution in [0.15, 0.2) is 4.47 Å². The monoisotopic (exact) mass is 297 g/mol. The van der Waals surface area contributed by atoms with Crippen molar-refractivity contribution in [2.45, 2.75) is 25.7 Å². The summed E-state index contributed by atoms with van der Waals surface area (Å²) in [6.45, 7) is 1.63. The van der Waals surface area contributed by atoms with E-state index in [0.717, 1.165) is 60.6 Å². The van der Waals surface area contributed by atoms with Crippen molar-refractivity contribution in [3.63, 3.8) is 0 Å². The molecule has 0 spiro atoms. The molecule has 2 aliphatic rings. The first-order valence-electron chi connectivity index (χ1n) is 6.13. The molecule has 3 rings (SSSR count). The van der Waals surface area contributed by atoms with E-state index in [1.54, 1.807) is 0 Å². The van der Waals surface area contributed by atoms with Crippen molar-refractivity contribution < 1.29 is 9.47 Å². The summed E-state index contributed by atoms with van der Waals surface area (Å²) in [6.07, 6.45) is 4.27. The maximum absolute atomic E-state index is 5.84. The zero-order valence-electron chi connectivity index (χ0n) is 9.94. The van der Waals surface area contributed by atoms with E-state index in [1.807, 2.05) is 7.05 Å². The minimum absolute atomic E-state index is 0.813. The highest BCUT2D eigenvalue weighted by atomic mass is 79.9. The van der Waals surface area contributed by atoms with Gasteiger partial charge in [0.2, 0.25) is 0 Å². The van der Waals surface area contributed by atoms with Gasteiger partial charge in [-0.15, -0.1) is 0 Å². The van der Waals surface area contributed by atoms with Gasteiger partial charge in [-0.25, -0.2) is 0 Å². The number of fused-ring (bicyclic) bond motifs is 2. The van der Waals surface area contributed by atoms with Crippen molar-refractivity contribution in [3.05, 3.63) is 15.6 Å². The summed E-state index contributed by atoms with van der Waals surface area (Å²) >= 11 is 3.68. The lowest BCUT2D eigenvalue weighted by molar-refractivity contribution is 0.272. The second-order valence-corrected chi connectivity index (χ2v) is 5.25. The SMILES string of the molecule is CNc1c2c(c(Br)c3c1OCCC3)OCCC2. The van der Waals surface area contributed by atoms with Gasteiger partial charge in [0.1, 0.15) is 11.5 Å². The molecule has 92 valence electrons. The Balaban J connectivity index is 2.25. The Kier molecular flexibility index (Phi) is 2.90. The Morgan fingerprint density at radius 1 is 1.00 bits per heavy atom. The molecule has 0 amide bonds. The van der Waals surface area contributed by atoms with Gasteiger partial charge in [-0.3, -0.25) is 0 Å². The number of hydrogen-bond donors (Lipinski definition) is 1. The summed E-state index contributed by atoms with van der Waals surface area (Å²) in [5, 5.41) is 3.28. The van der Waals surface area contributed by atoms with E-state index >= 15 is 0 Å². The third-order valence-electron chi connectivity index (χ3n) is 3.43. The molecule has 0 atom stereocenters. The Labute approximate surface area is 110 Å². The van der Waals surface area contributed by atoms with Gasteiger partial charge in [0.05, 0.1) is 23.4 Å². The van der Waals surface area contributed by atoms with E-state index < -0.39 is 0 Å². The molecule has 1 aromatic carbocycles. The number of anilines is 1. The zero-order chi connectivity index (χ0) is 11.8. The summed E-state index contributed by atoms with van der Waals surface area (Å²) < 4.78 is 12.8. The molecule has 1 aromatic rings. The zero-order valence-corrected chi connectivity index (χ0v) is 11.5. The van der Waals surface area contributed by atoms with Gasteiger partial charge in [0.25, 0.3) is 0 Å². The van der Waals surface area contributed by atoms with Crippen LogP contribution < -0.4 is 14.8 Å². The van der Waals surface area contributed by atoms with Gasteiger partial charge < -0.3 is 14.8 Å². The molecule has 17 heavy (non-hydrogen) atoms. The fraction of sp³-hybridized carbons (Fsp3) is 0.538. The second-order valence-electron chi connectivity index (χ2n) is 4.46. The minimum Gasteiger partial charge on any atom is -0.492 e. The van der Waals surface area contributed by atoms with Crippen molar-refractivity contribution in [2.75, 3.05) is 25.6 Å². The predicted octanol–water partition coefficient (Wildman–Crippen LogP) is 3.14. The highest BCUT2D eigenvalue weighted by Crippen LogP contribution is 2.48. The fourth-order valence-corrected chi connectivity index (χ4v) is 3.39. The number of benzene rings is 1. The third-order valence-corrected chi connectivity index (χ3v) is 4.27. The molecule has 4 heteroatoms. The Morgan fingerprint density at radius 2 is 1.65 bits per heavy atom. The molecule has 0 aliphatic carbocycles. The lowest BCUT2D eigenvalue weighted by Crippen LogP contribution is -2.17. The molecule has 2 aliphatic heterocycles. The predicted molar refractivity (Wildman–Crippen MR) is 71.3 cm³/mol. The lowest BCUT2D eigenvalue weighted by Gasteiger charge is -2.28. The van der Waals surface area contributed by atoms with E-state index in [2.05, 4.69) is 21.2 Å². The van der Waals surface area contributed by atoms with Crippen molar-refractivity contribution in [1.29, 1.82) is 0 Å². The summed E-state index contributed by atoms with van der Waals surface area (Å²) in [4.78, 5) is 0. The first kappa shape index (κ1) is 11.2. The van der Waals surface area contributed by atoms with Crippen molar-refractivity contribution in [2.24, 2.45) is 0 Å². The van der Waals surface area contributed by atoms with Crippen LogP contribution in [0.25, 0.3) is 0 Å². The minimum atomic E-state index is 0.813. The highest BCUT2D eigenvalue weighted by molar-refractivity contribution is 9.10. The van der Waals surface area contributed by atoms with Crippen LogP contribution in [0.2, 0.25) is 0 Å². The standard InChI is InChI=1S/C13H16BrNO2/c1-15-11-9-5-3-6-16-12(9)10(14)8-4-2-7-17-13(8)11/h15H,2-7H2,1H3. The van der Waals surface area contributed by atoms with Crippen LogP contribution in [0.1, 0.15) is 24.0 Å². The van der Waals surface area contributed by atoms with Gasteiger partial charge in [-0.1, -0.05) is 0 Å². The average Bonchev–Trinajstić information content (AvgIpc) is 2.40. The van der Waals surface area contributed by atoms with Gasteiger partial charge in [-0.2, -0.15) is 0 Å². The number of nitrogens with one attached hydrogen (secondary N) is 1. The second kappa shape index (κ2) is 4.41. The summed E-state index contributed by atoms with van der Waals surface area (Å²) in [5.74, 6) is 2.04. The molecule has 0 saturated heterocycles. The Bertz CT molecular complexity index is 422. The van der Waals surface area contributed by atoms with Crippen LogP contribution in [-0.2, 0) is 12.8 Å². The number of halogens is 1. The topological polar surface area (TPSA) is 30.5 Å². The Hall–Kier alpha value is -0.900. The summed E-state index contributed by atoms with van der Waals surface area (Å²) in [7, 11) is 1.95. The molecule has 0 bridgehead atoms. The molecule has 0 saturated carbocycles. The van der Waals surface area contributed by atoms with Gasteiger partial charge in [-0.05, 0) is 41.6 Å². The summed E-state index contributed by atoms with van der Waals surface area (Å²) in [6, 6.07) is 0. The molecule has 3 nitrogen and oxygen atoms in total. The maximum Gasteiger partial charge on any atom is 0.147 e. The van der Waals surface area contributed by atoms with Crippen molar-refractivity contribution in [1.82, 2.24) is 0 Å². The van der Waals surface area contributed by atoms with Crippen LogP contribution in [0.5, 0.6) is 11.5 Å². The van der Waals surface area contributed by atoms with Crippen LogP contribution in [0.3, 0.4) is 0 Å².